The van der Waals surface area contributed by atoms with Crippen LogP contribution in [0.3, 0.4) is 0 Å². The van der Waals surface area contributed by atoms with Crippen molar-refractivity contribution in [2.45, 2.75) is 4.90 Å². The zero-order chi connectivity index (χ0) is 30.9. The Morgan fingerprint density at radius 2 is 1.50 bits per heavy atom. The van der Waals surface area contributed by atoms with Crippen molar-refractivity contribution in [2.24, 2.45) is 0 Å². The molecule has 0 saturated carbocycles. The van der Waals surface area contributed by atoms with Gasteiger partial charge in [0.25, 0.3) is 11.8 Å². The predicted octanol–water partition coefficient (Wildman–Crippen LogP) is 8.26. The molecule has 0 aliphatic carbocycles. The molecule has 0 bridgehead atoms. The maximum Gasteiger partial charge on any atom is 0.272 e. The molecular weight excluding hydrogens is 635 g/mol. The Balaban J connectivity index is 1.25. The van der Waals surface area contributed by atoms with Crippen molar-refractivity contribution in [1.29, 1.82) is 0 Å². The molecule has 3 N–H and O–H groups in total. The van der Waals surface area contributed by atoms with Gasteiger partial charge in [0.15, 0.2) is 5.13 Å². The first-order chi connectivity index (χ1) is 21.4. The van der Waals surface area contributed by atoms with E-state index in [2.05, 4.69) is 20.9 Å². The van der Waals surface area contributed by atoms with E-state index in [1.165, 1.54) is 29.2 Å². The number of nitrogens with one attached hydrogen (secondary N) is 3. The number of amides is 3. The number of aromatic nitrogens is 1. The molecule has 11 heteroatoms. The monoisotopic (exact) mass is 658 g/mol. The van der Waals surface area contributed by atoms with Gasteiger partial charge < -0.3 is 16.0 Å². The summed E-state index contributed by atoms with van der Waals surface area (Å²) in [6.07, 6.45) is 1.44. The summed E-state index contributed by atoms with van der Waals surface area (Å²) in [6.45, 7) is 0. The molecule has 3 amide bonds. The first-order valence-corrected chi connectivity index (χ1v) is 15.8. The molecule has 0 spiro atoms. The van der Waals surface area contributed by atoms with Gasteiger partial charge in [-0.05, 0) is 48.5 Å². The minimum atomic E-state index is -0.580. The van der Waals surface area contributed by atoms with Crippen LogP contribution in [0.25, 0.3) is 17.3 Å². The highest BCUT2D eigenvalue weighted by Gasteiger charge is 2.17. The van der Waals surface area contributed by atoms with Crippen molar-refractivity contribution in [3.63, 3.8) is 0 Å². The third-order valence-corrected chi connectivity index (χ3v) is 8.51. The van der Waals surface area contributed by atoms with Crippen LogP contribution in [0, 0.1) is 0 Å². The molecule has 0 aliphatic rings. The Bertz CT molecular complexity index is 1810. The Morgan fingerprint density at radius 3 is 2.23 bits per heavy atom. The van der Waals surface area contributed by atoms with Gasteiger partial charge in [-0.2, -0.15) is 0 Å². The summed E-state index contributed by atoms with van der Waals surface area (Å²) in [5.74, 6) is -1.12. The lowest BCUT2D eigenvalue weighted by Gasteiger charge is -2.13. The van der Waals surface area contributed by atoms with Gasteiger partial charge >= 0.3 is 0 Å². The number of benzene rings is 4. The molecule has 7 nitrogen and oxygen atoms in total. The summed E-state index contributed by atoms with van der Waals surface area (Å²) >= 11 is 15.4. The minimum Gasteiger partial charge on any atom is -0.321 e. The molecule has 0 fully saturated rings. The van der Waals surface area contributed by atoms with Crippen molar-refractivity contribution < 1.29 is 14.4 Å². The standard InChI is InChI=1S/C33H24Cl2N4O3S2/c34-26-15-8-16-27(35)25(26)18-28(37-31(41)22-11-5-2-6-12-22)32(42)36-23-13-7-14-24(17-23)43-20-30(40)39-33-38-29(19-44-33)21-9-3-1-4-10-21/h1-19H,20H2,(H,36,42)(H,37,41)(H,38,39,40)/b28-18+. The van der Waals surface area contributed by atoms with Crippen LogP contribution in [0.15, 0.2) is 119 Å². The van der Waals surface area contributed by atoms with Crippen LogP contribution in [0.1, 0.15) is 15.9 Å². The normalized spacial score (nSPS) is 11.1. The highest BCUT2D eigenvalue weighted by Crippen LogP contribution is 2.28. The Labute approximate surface area is 272 Å². The SMILES string of the molecule is O=C(CSc1cccc(NC(=O)/C(=C\c2c(Cl)cccc2Cl)NC(=O)c2ccccc2)c1)Nc1nc(-c2ccccc2)cs1. The largest absolute Gasteiger partial charge is 0.321 e. The second-order valence-electron chi connectivity index (χ2n) is 9.24. The molecule has 220 valence electrons. The number of carbonyl (C=O) groups excluding carboxylic acids is 3. The molecule has 5 aromatic rings. The van der Waals surface area contributed by atoms with Crippen LogP contribution in [-0.2, 0) is 9.59 Å². The quantitative estimate of drug-likeness (QED) is 0.104. The fraction of sp³-hybridized carbons (Fsp3) is 0.0303. The van der Waals surface area contributed by atoms with E-state index in [-0.39, 0.29) is 17.4 Å². The Morgan fingerprint density at radius 1 is 0.818 bits per heavy atom. The summed E-state index contributed by atoms with van der Waals surface area (Å²) in [6, 6.07) is 30.3. The van der Waals surface area contributed by atoms with E-state index in [1.807, 2.05) is 41.8 Å². The van der Waals surface area contributed by atoms with Crippen LogP contribution in [0.4, 0.5) is 10.8 Å². The summed E-state index contributed by atoms with van der Waals surface area (Å²) in [4.78, 5) is 44.3. The first-order valence-electron chi connectivity index (χ1n) is 13.2. The maximum absolute atomic E-state index is 13.4. The van der Waals surface area contributed by atoms with Gasteiger partial charge in [0.05, 0.1) is 11.4 Å². The van der Waals surface area contributed by atoms with E-state index >= 15 is 0 Å². The molecule has 0 radical (unpaired) electrons. The van der Waals surface area contributed by atoms with E-state index in [0.717, 1.165) is 16.2 Å². The van der Waals surface area contributed by atoms with E-state index in [0.29, 0.717) is 32.0 Å². The van der Waals surface area contributed by atoms with Crippen LogP contribution in [-0.4, -0.2) is 28.5 Å². The molecule has 1 aromatic heterocycles. The fourth-order valence-corrected chi connectivity index (χ4v) is 5.97. The molecule has 1 heterocycles. The second kappa shape index (κ2) is 14.9. The number of hydrogen-bond donors (Lipinski definition) is 3. The highest BCUT2D eigenvalue weighted by molar-refractivity contribution is 8.00. The molecule has 5 rings (SSSR count). The van der Waals surface area contributed by atoms with Crippen LogP contribution >= 0.6 is 46.3 Å². The van der Waals surface area contributed by atoms with Crippen molar-refractivity contribution in [1.82, 2.24) is 10.3 Å². The number of nitrogens with zero attached hydrogens (tertiary/aromatic N) is 1. The molecular formula is C33H24Cl2N4O3S2. The number of carbonyl (C=O) groups is 3. The summed E-state index contributed by atoms with van der Waals surface area (Å²) in [5, 5.41) is 11.4. The van der Waals surface area contributed by atoms with Crippen molar-refractivity contribution in [3.05, 3.63) is 135 Å². The molecule has 0 saturated heterocycles. The third-order valence-electron chi connectivity index (χ3n) is 6.10. The predicted molar refractivity (Wildman–Crippen MR) is 180 cm³/mol. The van der Waals surface area contributed by atoms with Crippen molar-refractivity contribution >= 4 is 80.9 Å². The number of thioether (sulfide) groups is 1. The number of hydrogen-bond acceptors (Lipinski definition) is 6. The van der Waals surface area contributed by atoms with Gasteiger partial charge in [0, 0.05) is 42.7 Å². The summed E-state index contributed by atoms with van der Waals surface area (Å²) in [5.41, 5.74) is 2.96. The number of halogens is 2. The van der Waals surface area contributed by atoms with Crippen LogP contribution in [0.2, 0.25) is 10.0 Å². The Hall–Kier alpha value is -4.41. The molecule has 0 atom stereocenters. The third kappa shape index (κ3) is 8.36. The average molecular weight is 660 g/mol. The fourth-order valence-electron chi connectivity index (χ4n) is 3.97. The van der Waals surface area contributed by atoms with E-state index < -0.39 is 11.8 Å². The zero-order valence-electron chi connectivity index (χ0n) is 22.9. The number of rotatable bonds is 10. The second-order valence-corrected chi connectivity index (χ2v) is 12.0. The highest BCUT2D eigenvalue weighted by atomic mass is 35.5. The maximum atomic E-state index is 13.4. The number of thiazole rings is 1. The Kier molecular flexibility index (Phi) is 10.5. The summed E-state index contributed by atoms with van der Waals surface area (Å²) < 4.78 is 0. The lowest BCUT2D eigenvalue weighted by atomic mass is 10.1. The zero-order valence-corrected chi connectivity index (χ0v) is 26.1. The first kappa shape index (κ1) is 31.0. The van der Waals surface area contributed by atoms with Gasteiger partial charge in [-0.1, -0.05) is 83.9 Å². The number of anilines is 2. The van der Waals surface area contributed by atoms with Crippen LogP contribution < -0.4 is 16.0 Å². The molecule has 44 heavy (non-hydrogen) atoms. The molecule has 4 aromatic carbocycles. The van der Waals surface area contributed by atoms with Crippen molar-refractivity contribution in [2.75, 3.05) is 16.4 Å². The average Bonchev–Trinajstić information content (AvgIpc) is 3.50. The molecule has 0 aliphatic heterocycles. The molecule has 0 unspecified atom stereocenters. The smallest absolute Gasteiger partial charge is 0.272 e. The summed E-state index contributed by atoms with van der Waals surface area (Å²) in [7, 11) is 0. The van der Waals surface area contributed by atoms with Gasteiger partial charge in [0.1, 0.15) is 5.70 Å². The van der Waals surface area contributed by atoms with Gasteiger partial charge in [-0.15, -0.1) is 23.1 Å². The van der Waals surface area contributed by atoms with Gasteiger partial charge in [0.2, 0.25) is 5.91 Å². The lowest BCUT2D eigenvalue weighted by molar-refractivity contribution is -0.114. The van der Waals surface area contributed by atoms with Crippen LogP contribution in [0.5, 0.6) is 0 Å². The minimum absolute atomic E-state index is 0.0513. The van der Waals surface area contributed by atoms with Gasteiger partial charge in [-0.25, -0.2) is 4.98 Å². The van der Waals surface area contributed by atoms with Gasteiger partial charge in [-0.3, -0.25) is 14.4 Å². The lowest BCUT2D eigenvalue weighted by Crippen LogP contribution is -2.30. The van der Waals surface area contributed by atoms with Crippen molar-refractivity contribution in [3.8, 4) is 11.3 Å². The van der Waals surface area contributed by atoms with E-state index in [9.17, 15) is 14.4 Å². The van der Waals surface area contributed by atoms with E-state index in [1.54, 1.807) is 66.7 Å². The topological polar surface area (TPSA) is 100 Å². The van der Waals surface area contributed by atoms with E-state index in [4.69, 9.17) is 23.2 Å².